The molecule has 30 heavy (non-hydrogen) atoms. The quantitative estimate of drug-likeness (QED) is 0.249. The van der Waals surface area contributed by atoms with E-state index in [-0.39, 0.29) is 0 Å². The normalized spacial score (nSPS) is 12.6. The molecule has 0 aliphatic carbocycles. The lowest BCUT2D eigenvalue weighted by Gasteiger charge is -2.11. The number of hydrogen-bond donors (Lipinski definition) is 1. The first-order valence-corrected chi connectivity index (χ1v) is 12.9. The van der Waals surface area contributed by atoms with Crippen molar-refractivity contribution in [1.29, 1.82) is 0 Å². The lowest BCUT2D eigenvalue weighted by Crippen LogP contribution is -2.07. The summed E-state index contributed by atoms with van der Waals surface area (Å²) in [5.74, 6) is 0.803. The maximum Gasteiger partial charge on any atom is 0.138 e. The van der Waals surface area contributed by atoms with Crippen molar-refractivity contribution in [3.8, 4) is 0 Å². The number of imidazole rings is 1. The van der Waals surface area contributed by atoms with Gasteiger partial charge in [0.2, 0.25) is 0 Å². The molecule has 3 nitrogen and oxygen atoms in total. The van der Waals surface area contributed by atoms with E-state index in [9.17, 15) is 5.11 Å². The van der Waals surface area contributed by atoms with Crippen LogP contribution in [-0.2, 0) is 6.54 Å². The Kier molecular flexibility index (Phi) is 12.8. The van der Waals surface area contributed by atoms with Crippen LogP contribution in [0.4, 0.5) is 0 Å². The molecule has 0 saturated heterocycles. The standard InChI is InChI=1S/C27H46N2O/c1-3-4-5-6-7-8-9-10-11-12-13-14-15-16-17-20-23-29-26-22-19-18-21-25(26)28-27(29)24(2)30/h18-19,21-22,24,30H,3-17,20,23H2,1-2H3/t24-/m0/s1. The van der Waals surface area contributed by atoms with Crippen LogP contribution in [-0.4, -0.2) is 14.7 Å². The molecule has 0 radical (unpaired) electrons. The summed E-state index contributed by atoms with van der Waals surface area (Å²) in [5.41, 5.74) is 2.14. The fourth-order valence-corrected chi connectivity index (χ4v) is 4.47. The molecule has 2 aromatic rings. The molecule has 0 amide bonds. The largest absolute Gasteiger partial charge is 0.385 e. The molecule has 3 heteroatoms. The van der Waals surface area contributed by atoms with E-state index in [1.165, 1.54) is 103 Å². The van der Waals surface area contributed by atoms with Crippen molar-refractivity contribution in [2.24, 2.45) is 0 Å². The molecule has 0 bridgehead atoms. The number of nitrogens with zero attached hydrogens (tertiary/aromatic N) is 2. The van der Waals surface area contributed by atoms with Gasteiger partial charge in [0, 0.05) is 6.54 Å². The van der Waals surface area contributed by atoms with Crippen LogP contribution in [0, 0.1) is 0 Å². The van der Waals surface area contributed by atoms with Crippen molar-refractivity contribution in [2.45, 2.75) is 129 Å². The number of benzene rings is 1. The van der Waals surface area contributed by atoms with E-state index in [1.54, 1.807) is 0 Å². The molecule has 0 saturated carbocycles. The maximum atomic E-state index is 10.1. The third-order valence-corrected chi connectivity index (χ3v) is 6.29. The minimum atomic E-state index is -0.515. The third kappa shape index (κ3) is 9.20. The van der Waals surface area contributed by atoms with Gasteiger partial charge in [-0.2, -0.15) is 0 Å². The second-order valence-corrected chi connectivity index (χ2v) is 9.09. The van der Waals surface area contributed by atoms with E-state index in [4.69, 9.17) is 0 Å². The number of aliphatic hydroxyl groups excluding tert-OH is 1. The number of para-hydroxylation sites is 2. The summed E-state index contributed by atoms with van der Waals surface area (Å²) >= 11 is 0. The van der Waals surface area contributed by atoms with Crippen LogP contribution in [0.15, 0.2) is 24.3 Å². The van der Waals surface area contributed by atoms with E-state index in [1.807, 2.05) is 19.1 Å². The number of hydrogen-bond acceptors (Lipinski definition) is 2. The molecule has 1 aromatic carbocycles. The molecular formula is C27H46N2O. The molecule has 0 aliphatic heterocycles. The van der Waals surface area contributed by atoms with Crippen molar-refractivity contribution >= 4 is 11.0 Å². The first-order chi connectivity index (χ1) is 14.7. The van der Waals surface area contributed by atoms with E-state index < -0.39 is 6.10 Å². The summed E-state index contributed by atoms with van der Waals surface area (Å²) in [6.07, 6.45) is 21.7. The summed E-state index contributed by atoms with van der Waals surface area (Å²) in [6, 6.07) is 8.21. The van der Waals surface area contributed by atoms with Crippen molar-refractivity contribution in [3.05, 3.63) is 30.1 Å². The van der Waals surface area contributed by atoms with E-state index >= 15 is 0 Å². The SMILES string of the molecule is CCCCCCCCCCCCCCCCCCn1c([C@H](C)O)nc2ccccc21. The Morgan fingerprint density at radius 3 is 1.70 bits per heavy atom. The molecule has 1 atom stereocenters. The highest BCUT2D eigenvalue weighted by molar-refractivity contribution is 5.75. The first-order valence-electron chi connectivity index (χ1n) is 12.9. The van der Waals surface area contributed by atoms with Crippen LogP contribution >= 0.6 is 0 Å². The summed E-state index contributed by atoms with van der Waals surface area (Å²) in [6.45, 7) is 5.06. The molecular weight excluding hydrogens is 368 g/mol. The highest BCUT2D eigenvalue weighted by Gasteiger charge is 2.13. The van der Waals surface area contributed by atoms with Gasteiger partial charge in [-0.05, 0) is 25.5 Å². The summed E-state index contributed by atoms with van der Waals surface area (Å²) in [4.78, 5) is 4.62. The average Bonchev–Trinajstić information content (AvgIpc) is 3.12. The molecule has 0 spiro atoms. The van der Waals surface area contributed by atoms with E-state index in [0.29, 0.717) is 0 Å². The van der Waals surface area contributed by atoms with Gasteiger partial charge in [0.15, 0.2) is 0 Å². The molecule has 0 aliphatic rings. The van der Waals surface area contributed by atoms with Gasteiger partial charge in [-0.1, -0.05) is 115 Å². The van der Waals surface area contributed by atoms with Crippen molar-refractivity contribution in [1.82, 2.24) is 9.55 Å². The Balaban J connectivity index is 1.46. The molecule has 1 heterocycles. The number of aromatic nitrogens is 2. The lowest BCUT2D eigenvalue weighted by atomic mass is 10.0. The minimum absolute atomic E-state index is 0.515. The molecule has 170 valence electrons. The first kappa shape index (κ1) is 24.9. The average molecular weight is 415 g/mol. The summed E-state index contributed by atoms with van der Waals surface area (Å²) < 4.78 is 2.21. The third-order valence-electron chi connectivity index (χ3n) is 6.29. The Hall–Kier alpha value is -1.35. The molecule has 1 aromatic heterocycles. The second kappa shape index (κ2) is 15.5. The van der Waals surface area contributed by atoms with Crippen LogP contribution in [0.25, 0.3) is 11.0 Å². The minimum Gasteiger partial charge on any atom is -0.385 e. The number of fused-ring (bicyclic) bond motifs is 1. The Morgan fingerprint density at radius 1 is 0.733 bits per heavy atom. The van der Waals surface area contributed by atoms with Crippen molar-refractivity contribution < 1.29 is 5.11 Å². The summed E-state index contributed by atoms with van der Waals surface area (Å²) in [5, 5.41) is 10.1. The highest BCUT2D eigenvalue weighted by Crippen LogP contribution is 2.22. The Morgan fingerprint density at radius 2 is 1.20 bits per heavy atom. The predicted molar refractivity (Wildman–Crippen MR) is 130 cm³/mol. The van der Waals surface area contributed by atoms with Crippen LogP contribution in [0.1, 0.15) is 129 Å². The van der Waals surface area contributed by atoms with Gasteiger partial charge < -0.3 is 9.67 Å². The van der Waals surface area contributed by atoms with Gasteiger partial charge in [-0.3, -0.25) is 0 Å². The van der Waals surface area contributed by atoms with Crippen LogP contribution in [0.3, 0.4) is 0 Å². The van der Waals surface area contributed by atoms with Gasteiger partial charge in [-0.25, -0.2) is 4.98 Å². The lowest BCUT2D eigenvalue weighted by molar-refractivity contribution is 0.184. The predicted octanol–water partition coefficient (Wildman–Crippen LogP) is 8.35. The summed E-state index contributed by atoms with van der Waals surface area (Å²) in [7, 11) is 0. The van der Waals surface area contributed by atoms with Crippen molar-refractivity contribution in [2.75, 3.05) is 0 Å². The Bertz CT molecular complexity index is 677. The highest BCUT2D eigenvalue weighted by atomic mass is 16.3. The molecule has 0 unspecified atom stereocenters. The number of rotatable bonds is 18. The number of unbranched alkanes of at least 4 members (excludes halogenated alkanes) is 15. The van der Waals surface area contributed by atoms with Gasteiger partial charge in [0.25, 0.3) is 0 Å². The Labute approximate surface area is 185 Å². The monoisotopic (exact) mass is 414 g/mol. The zero-order valence-electron chi connectivity index (χ0n) is 19.7. The van der Waals surface area contributed by atoms with Gasteiger partial charge in [0.1, 0.15) is 11.9 Å². The maximum absolute atomic E-state index is 10.1. The van der Waals surface area contributed by atoms with Crippen LogP contribution < -0.4 is 0 Å². The van der Waals surface area contributed by atoms with E-state index in [2.05, 4.69) is 28.6 Å². The second-order valence-electron chi connectivity index (χ2n) is 9.09. The zero-order chi connectivity index (χ0) is 21.4. The fourth-order valence-electron chi connectivity index (χ4n) is 4.47. The topological polar surface area (TPSA) is 38.0 Å². The molecule has 2 rings (SSSR count). The van der Waals surface area contributed by atoms with E-state index in [0.717, 1.165) is 23.4 Å². The molecule has 1 N–H and O–H groups in total. The van der Waals surface area contributed by atoms with Crippen molar-refractivity contribution in [3.63, 3.8) is 0 Å². The molecule has 0 fully saturated rings. The van der Waals surface area contributed by atoms with Gasteiger partial charge in [-0.15, -0.1) is 0 Å². The van der Waals surface area contributed by atoms with Gasteiger partial charge >= 0.3 is 0 Å². The number of aryl methyl sites for hydroxylation is 1. The van der Waals surface area contributed by atoms with Gasteiger partial charge in [0.05, 0.1) is 11.0 Å². The number of aliphatic hydroxyl groups is 1. The van der Waals surface area contributed by atoms with Crippen LogP contribution in [0.5, 0.6) is 0 Å². The fraction of sp³-hybridized carbons (Fsp3) is 0.741. The zero-order valence-corrected chi connectivity index (χ0v) is 19.7. The van der Waals surface area contributed by atoms with Crippen LogP contribution in [0.2, 0.25) is 0 Å². The smallest absolute Gasteiger partial charge is 0.138 e.